The van der Waals surface area contributed by atoms with Gasteiger partial charge in [-0.2, -0.15) is 0 Å². The highest BCUT2D eigenvalue weighted by Gasteiger charge is 2.07. The third-order valence-corrected chi connectivity index (χ3v) is 1.68. The molecule has 0 spiro atoms. The number of hydrogen-bond donors (Lipinski definition) is 0. The molecule has 0 aliphatic rings. The standard InChI is InChI=1S/C8H10FNO/c1-5-6(2)10-4-7(9)8(5)11-3/h4H,1-3H3. The van der Waals surface area contributed by atoms with Crippen molar-refractivity contribution in [1.29, 1.82) is 0 Å². The number of methoxy groups -OCH3 is 1. The topological polar surface area (TPSA) is 22.1 Å². The number of hydrogen-bond acceptors (Lipinski definition) is 2. The molecule has 0 saturated heterocycles. The van der Waals surface area contributed by atoms with Gasteiger partial charge in [-0.1, -0.05) is 0 Å². The highest BCUT2D eigenvalue weighted by atomic mass is 19.1. The predicted molar refractivity (Wildman–Crippen MR) is 40.2 cm³/mol. The first kappa shape index (κ1) is 7.98. The van der Waals surface area contributed by atoms with E-state index in [4.69, 9.17) is 4.74 Å². The number of aryl methyl sites for hydroxylation is 1. The van der Waals surface area contributed by atoms with E-state index in [0.29, 0.717) is 0 Å². The molecule has 0 saturated carbocycles. The van der Waals surface area contributed by atoms with Crippen LogP contribution in [0.3, 0.4) is 0 Å². The lowest BCUT2D eigenvalue weighted by Crippen LogP contribution is -1.96. The minimum Gasteiger partial charge on any atom is -0.493 e. The summed E-state index contributed by atoms with van der Waals surface area (Å²) >= 11 is 0. The van der Waals surface area contributed by atoms with Crippen LogP contribution >= 0.6 is 0 Å². The normalized spacial score (nSPS) is 9.82. The predicted octanol–water partition coefficient (Wildman–Crippen LogP) is 1.85. The van der Waals surface area contributed by atoms with Gasteiger partial charge < -0.3 is 4.74 Å². The van der Waals surface area contributed by atoms with Crippen molar-refractivity contribution in [1.82, 2.24) is 4.98 Å². The Hall–Kier alpha value is -1.12. The summed E-state index contributed by atoms with van der Waals surface area (Å²) < 4.78 is 17.7. The number of aromatic nitrogens is 1. The Bertz CT molecular complexity index is 273. The quantitative estimate of drug-likeness (QED) is 0.617. The summed E-state index contributed by atoms with van der Waals surface area (Å²) in [4.78, 5) is 3.83. The van der Waals surface area contributed by atoms with Gasteiger partial charge in [-0.05, 0) is 13.8 Å². The SMILES string of the molecule is COc1c(F)cnc(C)c1C. The molecule has 0 radical (unpaired) electrons. The van der Waals surface area contributed by atoms with Crippen LogP contribution in [0, 0.1) is 19.7 Å². The average molecular weight is 155 g/mol. The van der Waals surface area contributed by atoms with Crippen LogP contribution in [0.4, 0.5) is 4.39 Å². The highest BCUT2D eigenvalue weighted by Crippen LogP contribution is 2.22. The van der Waals surface area contributed by atoms with Crippen molar-refractivity contribution < 1.29 is 9.13 Å². The van der Waals surface area contributed by atoms with Gasteiger partial charge >= 0.3 is 0 Å². The lowest BCUT2D eigenvalue weighted by molar-refractivity contribution is 0.381. The maximum Gasteiger partial charge on any atom is 0.183 e. The van der Waals surface area contributed by atoms with Gasteiger partial charge in [-0.15, -0.1) is 0 Å². The van der Waals surface area contributed by atoms with Crippen molar-refractivity contribution in [2.45, 2.75) is 13.8 Å². The summed E-state index contributed by atoms with van der Waals surface area (Å²) in [5.41, 5.74) is 1.55. The molecule has 0 fully saturated rings. The molecule has 11 heavy (non-hydrogen) atoms. The molecule has 0 bridgehead atoms. The summed E-state index contributed by atoms with van der Waals surface area (Å²) in [6, 6.07) is 0. The Morgan fingerprint density at radius 1 is 1.45 bits per heavy atom. The maximum absolute atomic E-state index is 12.8. The molecule has 0 aliphatic carbocycles. The van der Waals surface area contributed by atoms with E-state index >= 15 is 0 Å². The largest absolute Gasteiger partial charge is 0.493 e. The van der Waals surface area contributed by atoms with Crippen LogP contribution in [0.2, 0.25) is 0 Å². The number of nitrogens with zero attached hydrogens (tertiary/aromatic N) is 1. The minimum absolute atomic E-state index is 0.289. The third-order valence-electron chi connectivity index (χ3n) is 1.68. The van der Waals surface area contributed by atoms with Gasteiger partial charge in [0.1, 0.15) is 0 Å². The van der Waals surface area contributed by atoms with Gasteiger partial charge in [0.2, 0.25) is 0 Å². The first-order valence-corrected chi connectivity index (χ1v) is 3.32. The number of pyridine rings is 1. The zero-order valence-electron chi connectivity index (χ0n) is 6.81. The second kappa shape index (κ2) is 2.86. The average Bonchev–Trinajstić information content (AvgIpc) is 1.99. The summed E-state index contributed by atoms with van der Waals surface area (Å²) in [6.07, 6.45) is 1.17. The summed E-state index contributed by atoms with van der Waals surface area (Å²) in [5.74, 6) is -0.117. The molecule has 0 aromatic carbocycles. The number of ether oxygens (including phenoxy) is 1. The minimum atomic E-state index is -0.407. The van der Waals surface area contributed by atoms with Crippen LogP contribution in [0.1, 0.15) is 11.3 Å². The molecule has 0 N–H and O–H groups in total. The van der Waals surface area contributed by atoms with Crippen molar-refractivity contribution in [3.63, 3.8) is 0 Å². The molecule has 3 heteroatoms. The molecule has 0 amide bonds. The Labute approximate surface area is 65.0 Å². The Kier molecular flexibility index (Phi) is 2.08. The van der Waals surface area contributed by atoms with Crippen LogP contribution in [0.25, 0.3) is 0 Å². The van der Waals surface area contributed by atoms with Gasteiger partial charge in [0.05, 0.1) is 13.3 Å². The van der Waals surface area contributed by atoms with E-state index in [2.05, 4.69) is 4.98 Å². The van der Waals surface area contributed by atoms with Gasteiger partial charge in [0.15, 0.2) is 11.6 Å². The van der Waals surface area contributed by atoms with E-state index in [1.807, 2.05) is 6.92 Å². The molecule has 0 aliphatic heterocycles. The molecule has 1 heterocycles. The molecule has 2 nitrogen and oxygen atoms in total. The zero-order chi connectivity index (χ0) is 8.43. The van der Waals surface area contributed by atoms with E-state index in [0.717, 1.165) is 11.3 Å². The molecule has 1 aromatic rings. The van der Waals surface area contributed by atoms with E-state index < -0.39 is 5.82 Å². The first-order valence-electron chi connectivity index (χ1n) is 3.32. The van der Waals surface area contributed by atoms with Gasteiger partial charge in [0.25, 0.3) is 0 Å². The van der Waals surface area contributed by atoms with Crippen LogP contribution < -0.4 is 4.74 Å². The van der Waals surface area contributed by atoms with Gasteiger partial charge in [-0.25, -0.2) is 4.39 Å². The van der Waals surface area contributed by atoms with Crippen LogP contribution in [-0.4, -0.2) is 12.1 Å². The van der Waals surface area contributed by atoms with Crippen LogP contribution in [0.15, 0.2) is 6.20 Å². The molecule has 1 rings (SSSR count). The van der Waals surface area contributed by atoms with E-state index in [9.17, 15) is 4.39 Å². The fourth-order valence-electron chi connectivity index (χ4n) is 0.903. The van der Waals surface area contributed by atoms with Crippen molar-refractivity contribution in [3.8, 4) is 5.75 Å². The number of rotatable bonds is 1. The molecule has 0 unspecified atom stereocenters. The third kappa shape index (κ3) is 1.31. The van der Waals surface area contributed by atoms with Crippen molar-refractivity contribution in [3.05, 3.63) is 23.3 Å². The van der Waals surface area contributed by atoms with Gasteiger partial charge in [0, 0.05) is 11.3 Å². The number of halogens is 1. The Balaban J connectivity index is 3.29. The van der Waals surface area contributed by atoms with E-state index in [1.54, 1.807) is 6.92 Å². The lowest BCUT2D eigenvalue weighted by atomic mass is 10.2. The first-order chi connectivity index (χ1) is 5.16. The van der Waals surface area contributed by atoms with E-state index in [1.165, 1.54) is 13.3 Å². The molecule has 60 valence electrons. The lowest BCUT2D eigenvalue weighted by Gasteiger charge is -2.06. The smallest absolute Gasteiger partial charge is 0.183 e. The van der Waals surface area contributed by atoms with Crippen molar-refractivity contribution >= 4 is 0 Å². The molecular weight excluding hydrogens is 145 g/mol. The van der Waals surface area contributed by atoms with Crippen LogP contribution in [0.5, 0.6) is 5.75 Å². The highest BCUT2D eigenvalue weighted by molar-refractivity contribution is 5.35. The molecule has 0 atom stereocenters. The summed E-state index contributed by atoms with van der Waals surface area (Å²) in [6.45, 7) is 3.60. The van der Waals surface area contributed by atoms with E-state index in [-0.39, 0.29) is 5.75 Å². The second-order valence-corrected chi connectivity index (χ2v) is 2.35. The fraction of sp³-hybridized carbons (Fsp3) is 0.375. The molecule has 1 aromatic heterocycles. The zero-order valence-corrected chi connectivity index (χ0v) is 6.81. The Morgan fingerprint density at radius 2 is 2.09 bits per heavy atom. The second-order valence-electron chi connectivity index (χ2n) is 2.35. The maximum atomic E-state index is 12.8. The van der Waals surface area contributed by atoms with Crippen molar-refractivity contribution in [2.75, 3.05) is 7.11 Å². The Morgan fingerprint density at radius 3 is 2.55 bits per heavy atom. The fourth-order valence-corrected chi connectivity index (χ4v) is 0.903. The summed E-state index contributed by atoms with van der Waals surface area (Å²) in [5, 5.41) is 0. The van der Waals surface area contributed by atoms with Crippen LogP contribution in [-0.2, 0) is 0 Å². The van der Waals surface area contributed by atoms with Gasteiger partial charge in [-0.3, -0.25) is 4.98 Å². The molecular formula is C8H10FNO. The van der Waals surface area contributed by atoms with Crippen molar-refractivity contribution in [2.24, 2.45) is 0 Å². The summed E-state index contributed by atoms with van der Waals surface area (Å²) in [7, 11) is 1.45. The monoisotopic (exact) mass is 155 g/mol.